The van der Waals surface area contributed by atoms with Crippen LogP contribution in [0.2, 0.25) is 0 Å². The average Bonchev–Trinajstić information content (AvgIpc) is 3.51. The SMILES string of the molecule is CC(C)(C)NS(=O)(=O)c1ccc(NC(=O)[C@H](CC2CC2)NC(=O)C2CCCCC2)cc1. The maximum atomic E-state index is 12.9. The van der Waals surface area contributed by atoms with Crippen LogP contribution >= 0.6 is 0 Å². The Hall–Kier alpha value is -1.93. The molecule has 0 saturated heterocycles. The third kappa shape index (κ3) is 7.31. The molecule has 0 unspecified atom stereocenters. The fourth-order valence-corrected chi connectivity index (χ4v) is 5.40. The molecule has 7 nitrogen and oxygen atoms in total. The number of nitrogens with one attached hydrogen (secondary N) is 3. The Morgan fingerprint density at radius 2 is 1.61 bits per heavy atom. The minimum absolute atomic E-state index is 0.00283. The first-order chi connectivity index (χ1) is 14.5. The molecule has 0 bridgehead atoms. The first kappa shape index (κ1) is 23.7. The van der Waals surface area contributed by atoms with Crippen LogP contribution in [0.1, 0.15) is 72.1 Å². The van der Waals surface area contributed by atoms with E-state index in [0.29, 0.717) is 18.0 Å². The Morgan fingerprint density at radius 1 is 1.00 bits per heavy atom. The Labute approximate surface area is 185 Å². The molecule has 1 aromatic carbocycles. The van der Waals surface area contributed by atoms with Gasteiger partial charge in [0.05, 0.1) is 4.90 Å². The molecule has 1 aromatic rings. The van der Waals surface area contributed by atoms with E-state index in [1.807, 2.05) is 0 Å². The lowest BCUT2D eigenvalue weighted by molar-refractivity contribution is -0.130. The molecule has 2 aliphatic carbocycles. The summed E-state index contributed by atoms with van der Waals surface area (Å²) in [7, 11) is -3.64. The third-order valence-electron chi connectivity index (χ3n) is 5.75. The number of rotatable bonds is 8. The highest BCUT2D eigenvalue weighted by molar-refractivity contribution is 7.89. The standard InChI is InChI=1S/C23H35N3O4S/c1-23(2,3)26-31(29,30)19-13-11-18(12-14-19)24-22(28)20(15-16-9-10-16)25-21(27)17-7-5-4-6-8-17/h11-14,16-17,20,26H,4-10,15H2,1-3H3,(H,24,28)(H,25,27)/t20-/m0/s1. The second-order valence-corrected chi connectivity index (χ2v) is 11.6. The van der Waals surface area contributed by atoms with Crippen LogP contribution in [-0.4, -0.2) is 31.8 Å². The molecule has 0 heterocycles. The van der Waals surface area contributed by atoms with Gasteiger partial charge in [-0.15, -0.1) is 0 Å². The summed E-state index contributed by atoms with van der Waals surface area (Å²) in [5.41, 5.74) is -0.0782. The van der Waals surface area contributed by atoms with Crippen molar-refractivity contribution in [2.75, 3.05) is 5.32 Å². The summed E-state index contributed by atoms with van der Waals surface area (Å²) in [5.74, 6) is 0.219. The van der Waals surface area contributed by atoms with Crippen molar-refractivity contribution in [2.45, 2.75) is 88.6 Å². The molecule has 172 valence electrons. The molecule has 8 heteroatoms. The number of anilines is 1. The summed E-state index contributed by atoms with van der Waals surface area (Å²) >= 11 is 0. The van der Waals surface area contributed by atoms with Gasteiger partial charge in [-0.1, -0.05) is 32.1 Å². The summed E-state index contributed by atoms with van der Waals surface area (Å²) in [6.45, 7) is 5.34. The summed E-state index contributed by atoms with van der Waals surface area (Å²) in [6.07, 6.45) is 7.92. The number of carbonyl (C=O) groups is 2. The van der Waals surface area contributed by atoms with Crippen LogP contribution in [0.25, 0.3) is 0 Å². The summed E-state index contributed by atoms with van der Waals surface area (Å²) in [6, 6.07) is 5.53. The Morgan fingerprint density at radius 3 is 2.16 bits per heavy atom. The summed E-state index contributed by atoms with van der Waals surface area (Å²) in [4.78, 5) is 25.7. The molecule has 3 N–H and O–H groups in total. The highest BCUT2D eigenvalue weighted by Crippen LogP contribution is 2.34. The summed E-state index contributed by atoms with van der Waals surface area (Å²) in [5, 5.41) is 5.82. The van der Waals surface area contributed by atoms with E-state index in [-0.39, 0.29) is 22.6 Å². The molecule has 0 aliphatic heterocycles. The van der Waals surface area contributed by atoms with Gasteiger partial charge in [0.1, 0.15) is 6.04 Å². The number of hydrogen-bond acceptors (Lipinski definition) is 4. The molecule has 2 aliphatic rings. The molecule has 0 aromatic heterocycles. The van der Waals surface area contributed by atoms with E-state index < -0.39 is 21.6 Å². The minimum atomic E-state index is -3.64. The maximum absolute atomic E-state index is 12.9. The molecule has 3 rings (SSSR count). The predicted molar refractivity (Wildman–Crippen MR) is 121 cm³/mol. The summed E-state index contributed by atoms with van der Waals surface area (Å²) < 4.78 is 27.5. The number of benzene rings is 1. The van der Waals surface area contributed by atoms with Crippen molar-refractivity contribution < 1.29 is 18.0 Å². The van der Waals surface area contributed by atoms with E-state index >= 15 is 0 Å². The molecule has 0 spiro atoms. The molecular formula is C23H35N3O4S. The van der Waals surface area contributed by atoms with Crippen LogP contribution in [0.4, 0.5) is 5.69 Å². The van der Waals surface area contributed by atoms with Crippen LogP contribution < -0.4 is 15.4 Å². The minimum Gasteiger partial charge on any atom is -0.344 e. The van der Waals surface area contributed by atoms with Crippen LogP contribution in [0.15, 0.2) is 29.2 Å². The first-order valence-electron chi connectivity index (χ1n) is 11.3. The van der Waals surface area contributed by atoms with Gasteiger partial charge in [0.2, 0.25) is 21.8 Å². The Balaban J connectivity index is 1.63. The van der Waals surface area contributed by atoms with Crippen molar-refractivity contribution in [3.05, 3.63) is 24.3 Å². The Kier molecular flexibility index (Phi) is 7.42. The maximum Gasteiger partial charge on any atom is 0.246 e. The predicted octanol–water partition coefficient (Wildman–Crippen LogP) is 3.57. The quantitative estimate of drug-likeness (QED) is 0.564. The van der Waals surface area contributed by atoms with Gasteiger partial charge in [0.25, 0.3) is 0 Å². The van der Waals surface area contributed by atoms with Gasteiger partial charge in [-0.05, 0) is 70.2 Å². The van der Waals surface area contributed by atoms with Gasteiger partial charge < -0.3 is 10.6 Å². The van der Waals surface area contributed by atoms with E-state index in [2.05, 4.69) is 15.4 Å². The van der Waals surface area contributed by atoms with Crippen molar-refractivity contribution in [3.8, 4) is 0 Å². The fourth-order valence-electron chi connectivity index (χ4n) is 3.98. The largest absolute Gasteiger partial charge is 0.344 e. The van der Waals surface area contributed by atoms with E-state index in [4.69, 9.17) is 0 Å². The highest BCUT2D eigenvalue weighted by atomic mass is 32.2. The zero-order valence-corrected chi connectivity index (χ0v) is 19.6. The second kappa shape index (κ2) is 9.69. The normalized spacial score (nSPS) is 18.9. The number of amides is 2. The van der Waals surface area contributed by atoms with Crippen molar-refractivity contribution in [2.24, 2.45) is 11.8 Å². The van der Waals surface area contributed by atoms with Crippen LogP contribution in [-0.2, 0) is 19.6 Å². The molecule has 2 amide bonds. The van der Waals surface area contributed by atoms with Gasteiger partial charge in [0, 0.05) is 17.1 Å². The number of sulfonamides is 1. The monoisotopic (exact) mass is 449 g/mol. The molecule has 0 radical (unpaired) electrons. The lowest BCUT2D eigenvalue weighted by Gasteiger charge is -2.24. The van der Waals surface area contributed by atoms with E-state index in [0.717, 1.165) is 38.5 Å². The lowest BCUT2D eigenvalue weighted by Crippen LogP contribution is -2.46. The van der Waals surface area contributed by atoms with Crippen LogP contribution in [0.5, 0.6) is 0 Å². The van der Waals surface area contributed by atoms with E-state index in [1.165, 1.54) is 18.6 Å². The number of hydrogen-bond donors (Lipinski definition) is 3. The smallest absolute Gasteiger partial charge is 0.246 e. The fraction of sp³-hybridized carbons (Fsp3) is 0.652. The van der Waals surface area contributed by atoms with Crippen molar-refractivity contribution in [1.29, 1.82) is 0 Å². The van der Waals surface area contributed by atoms with Crippen molar-refractivity contribution in [3.63, 3.8) is 0 Å². The molecule has 1 atom stereocenters. The zero-order chi connectivity index (χ0) is 22.6. The zero-order valence-electron chi connectivity index (χ0n) is 18.7. The third-order valence-corrected chi connectivity index (χ3v) is 7.52. The molecule has 2 fully saturated rings. The van der Waals surface area contributed by atoms with E-state index in [9.17, 15) is 18.0 Å². The average molecular weight is 450 g/mol. The van der Waals surface area contributed by atoms with Crippen molar-refractivity contribution >= 4 is 27.5 Å². The van der Waals surface area contributed by atoms with Crippen molar-refractivity contribution in [1.82, 2.24) is 10.0 Å². The highest BCUT2D eigenvalue weighted by Gasteiger charge is 2.32. The lowest BCUT2D eigenvalue weighted by atomic mass is 9.88. The van der Waals surface area contributed by atoms with Gasteiger partial charge >= 0.3 is 0 Å². The second-order valence-electron chi connectivity index (χ2n) is 9.94. The van der Waals surface area contributed by atoms with Gasteiger partial charge in [-0.25, -0.2) is 13.1 Å². The van der Waals surface area contributed by atoms with Crippen LogP contribution in [0.3, 0.4) is 0 Å². The number of carbonyl (C=O) groups excluding carboxylic acids is 2. The van der Waals surface area contributed by atoms with Gasteiger partial charge in [0.15, 0.2) is 0 Å². The molecular weight excluding hydrogens is 414 g/mol. The van der Waals surface area contributed by atoms with Gasteiger partial charge in [-0.2, -0.15) is 0 Å². The molecule has 31 heavy (non-hydrogen) atoms. The van der Waals surface area contributed by atoms with E-state index in [1.54, 1.807) is 32.9 Å². The topological polar surface area (TPSA) is 104 Å². The van der Waals surface area contributed by atoms with Gasteiger partial charge in [-0.3, -0.25) is 9.59 Å². The molecule has 2 saturated carbocycles. The first-order valence-corrected chi connectivity index (χ1v) is 12.8. The van der Waals surface area contributed by atoms with Crippen LogP contribution in [0, 0.1) is 11.8 Å². The Bertz CT molecular complexity index is 880.